The fraction of sp³-hybridized carbons (Fsp3) is 0.0588. The summed E-state index contributed by atoms with van der Waals surface area (Å²) in [5, 5.41) is 2.35. The molecule has 0 aliphatic carbocycles. The highest BCUT2D eigenvalue weighted by atomic mass is 19.1. The number of halogens is 1. The number of anilines is 3. The molecule has 0 heterocycles. The Balaban J connectivity index is 2.02. The average Bonchev–Trinajstić information content (AvgIpc) is 2.49. The Kier molecular flexibility index (Phi) is 3.03. The molecular weight excluding hydrogens is 251 g/mol. The number of rotatable bonds is 2. The molecule has 0 radical (unpaired) electrons. The van der Waals surface area contributed by atoms with E-state index in [1.54, 1.807) is 6.07 Å². The first-order valence-electron chi connectivity index (χ1n) is 6.43. The topological polar surface area (TPSA) is 29.3 Å². The Morgan fingerprint density at radius 3 is 2.25 bits per heavy atom. The monoisotopic (exact) mass is 266 g/mol. The lowest BCUT2D eigenvalue weighted by Crippen LogP contribution is -2.09. The molecule has 0 saturated heterocycles. The molecule has 3 heteroatoms. The molecule has 0 bridgehead atoms. The molecule has 2 nitrogen and oxygen atoms in total. The van der Waals surface area contributed by atoms with Crippen molar-refractivity contribution >= 4 is 27.8 Å². The Hall–Kier alpha value is -2.55. The van der Waals surface area contributed by atoms with Gasteiger partial charge in [-0.2, -0.15) is 0 Å². The van der Waals surface area contributed by atoms with Crippen molar-refractivity contribution in [3.63, 3.8) is 0 Å². The van der Waals surface area contributed by atoms with Crippen molar-refractivity contribution in [2.45, 2.75) is 0 Å². The largest absolute Gasteiger partial charge is 0.396 e. The zero-order valence-electron chi connectivity index (χ0n) is 11.2. The molecule has 20 heavy (non-hydrogen) atoms. The van der Waals surface area contributed by atoms with E-state index in [0.29, 0.717) is 0 Å². The van der Waals surface area contributed by atoms with Crippen LogP contribution in [0.4, 0.5) is 21.5 Å². The molecule has 0 unspecified atom stereocenters. The maximum Gasteiger partial charge on any atom is 0.148 e. The fourth-order valence-electron chi connectivity index (χ4n) is 2.26. The summed E-state index contributed by atoms with van der Waals surface area (Å²) in [6.07, 6.45) is 0. The third-order valence-corrected chi connectivity index (χ3v) is 3.49. The number of nitrogens with two attached hydrogens (primary N) is 1. The van der Waals surface area contributed by atoms with Gasteiger partial charge in [0.1, 0.15) is 5.82 Å². The average molecular weight is 266 g/mol. The van der Waals surface area contributed by atoms with E-state index in [0.717, 1.165) is 16.8 Å². The molecule has 0 amide bonds. The van der Waals surface area contributed by atoms with E-state index in [1.807, 2.05) is 36.2 Å². The normalized spacial score (nSPS) is 10.7. The van der Waals surface area contributed by atoms with Crippen molar-refractivity contribution in [2.75, 3.05) is 17.7 Å². The molecule has 0 spiro atoms. The molecule has 3 aromatic carbocycles. The summed E-state index contributed by atoms with van der Waals surface area (Å²) in [5.74, 6) is -0.393. The van der Waals surface area contributed by atoms with Crippen molar-refractivity contribution in [3.8, 4) is 0 Å². The van der Waals surface area contributed by atoms with Gasteiger partial charge in [0.25, 0.3) is 0 Å². The lowest BCUT2D eigenvalue weighted by atomic mass is 10.1. The Bertz CT molecular complexity index is 768. The highest BCUT2D eigenvalue weighted by Crippen LogP contribution is 2.28. The van der Waals surface area contributed by atoms with Crippen LogP contribution in [0.25, 0.3) is 10.8 Å². The minimum atomic E-state index is -0.393. The molecule has 100 valence electrons. The van der Waals surface area contributed by atoms with Crippen LogP contribution in [0.5, 0.6) is 0 Å². The van der Waals surface area contributed by atoms with E-state index in [4.69, 9.17) is 5.73 Å². The van der Waals surface area contributed by atoms with E-state index in [9.17, 15) is 4.39 Å². The van der Waals surface area contributed by atoms with Crippen molar-refractivity contribution < 1.29 is 4.39 Å². The van der Waals surface area contributed by atoms with Gasteiger partial charge < -0.3 is 10.6 Å². The highest BCUT2D eigenvalue weighted by molar-refractivity contribution is 5.86. The summed E-state index contributed by atoms with van der Waals surface area (Å²) in [5.41, 5.74) is 7.45. The minimum absolute atomic E-state index is 0.167. The highest BCUT2D eigenvalue weighted by Gasteiger charge is 2.07. The number of benzene rings is 3. The number of hydrogen-bond acceptors (Lipinski definition) is 2. The third-order valence-electron chi connectivity index (χ3n) is 3.49. The number of nitrogen functional groups attached to an aromatic ring is 1. The van der Waals surface area contributed by atoms with Crippen LogP contribution in [0.1, 0.15) is 0 Å². The van der Waals surface area contributed by atoms with Crippen LogP contribution in [0, 0.1) is 5.82 Å². The summed E-state index contributed by atoms with van der Waals surface area (Å²) in [6.45, 7) is 0. The van der Waals surface area contributed by atoms with Gasteiger partial charge in [0, 0.05) is 18.4 Å². The van der Waals surface area contributed by atoms with E-state index in [-0.39, 0.29) is 5.69 Å². The van der Waals surface area contributed by atoms with E-state index in [2.05, 4.69) is 24.3 Å². The summed E-state index contributed by atoms with van der Waals surface area (Å²) >= 11 is 0. The van der Waals surface area contributed by atoms with Gasteiger partial charge in [0.2, 0.25) is 0 Å². The second-order valence-corrected chi connectivity index (χ2v) is 4.80. The van der Waals surface area contributed by atoms with E-state index in [1.165, 1.54) is 11.5 Å². The maximum absolute atomic E-state index is 13.6. The second-order valence-electron chi connectivity index (χ2n) is 4.80. The van der Waals surface area contributed by atoms with Gasteiger partial charge in [-0.25, -0.2) is 4.39 Å². The van der Waals surface area contributed by atoms with Crippen molar-refractivity contribution in [2.24, 2.45) is 0 Å². The fourth-order valence-corrected chi connectivity index (χ4v) is 2.26. The molecule has 2 N–H and O–H groups in total. The Morgan fingerprint density at radius 2 is 1.50 bits per heavy atom. The summed E-state index contributed by atoms with van der Waals surface area (Å²) in [6, 6.07) is 19.2. The van der Waals surface area contributed by atoms with Crippen molar-refractivity contribution in [1.82, 2.24) is 0 Å². The summed E-state index contributed by atoms with van der Waals surface area (Å²) < 4.78 is 13.6. The smallest absolute Gasteiger partial charge is 0.148 e. The number of fused-ring (bicyclic) bond motifs is 1. The zero-order chi connectivity index (χ0) is 14.1. The zero-order valence-corrected chi connectivity index (χ0v) is 11.2. The molecule has 0 aromatic heterocycles. The maximum atomic E-state index is 13.6. The Labute approximate surface area is 117 Å². The van der Waals surface area contributed by atoms with Crippen LogP contribution in [0.15, 0.2) is 60.7 Å². The quantitative estimate of drug-likeness (QED) is 0.699. The number of hydrogen-bond donors (Lipinski definition) is 1. The van der Waals surface area contributed by atoms with Crippen LogP contribution in [0.3, 0.4) is 0 Å². The van der Waals surface area contributed by atoms with Crippen molar-refractivity contribution in [3.05, 3.63) is 66.5 Å². The predicted molar refractivity (Wildman–Crippen MR) is 82.8 cm³/mol. The van der Waals surface area contributed by atoms with Gasteiger partial charge in [-0.05, 0) is 41.1 Å². The van der Waals surface area contributed by atoms with Crippen LogP contribution in [-0.2, 0) is 0 Å². The van der Waals surface area contributed by atoms with E-state index < -0.39 is 5.82 Å². The summed E-state index contributed by atoms with van der Waals surface area (Å²) in [7, 11) is 1.91. The van der Waals surface area contributed by atoms with Gasteiger partial charge in [0.15, 0.2) is 0 Å². The molecule has 0 atom stereocenters. The van der Waals surface area contributed by atoms with Gasteiger partial charge >= 0.3 is 0 Å². The van der Waals surface area contributed by atoms with Gasteiger partial charge in [-0.3, -0.25) is 0 Å². The van der Waals surface area contributed by atoms with Gasteiger partial charge in [0.05, 0.1) is 5.69 Å². The predicted octanol–water partition coefficient (Wildman–Crippen LogP) is 4.33. The molecule has 0 aliphatic heterocycles. The number of nitrogens with zero attached hydrogens (tertiary/aromatic N) is 1. The minimum Gasteiger partial charge on any atom is -0.396 e. The standard InChI is InChI=1S/C17H15FN2/c1-20(15-8-9-17(19)16(18)11-15)14-7-6-12-4-2-3-5-13(12)10-14/h2-11H,19H2,1H3. The molecule has 0 aliphatic rings. The SMILES string of the molecule is CN(c1ccc(N)c(F)c1)c1ccc2ccccc2c1. The third kappa shape index (κ3) is 2.18. The second kappa shape index (κ2) is 4.85. The van der Waals surface area contributed by atoms with Gasteiger partial charge in [-0.1, -0.05) is 30.3 Å². The first-order chi connectivity index (χ1) is 9.65. The molecule has 0 saturated carbocycles. The first kappa shape index (κ1) is 12.5. The van der Waals surface area contributed by atoms with Gasteiger partial charge in [-0.15, -0.1) is 0 Å². The van der Waals surface area contributed by atoms with Crippen LogP contribution >= 0.6 is 0 Å². The first-order valence-corrected chi connectivity index (χ1v) is 6.43. The summed E-state index contributed by atoms with van der Waals surface area (Å²) in [4.78, 5) is 1.94. The van der Waals surface area contributed by atoms with E-state index >= 15 is 0 Å². The molecule has 3 rings (SSSR count). The van der Waals surface area contributed by atoms with Crippen LogP contribution < -0.4 is 10.6 Å². The molecule has 3 aromatic rings. The van der Waals surface area contributed by atoms with Crippen LogP contribution in [0.2, 0.25) is 0 Å². The molecular formula is C17H15FN2. The lowest BCUT2D eigenvalue weighted by molar-refractivity contribution is 0.632. The lowest BCUT2D eigenvalue weighted by Gasteiger charge is -2.20. The molecule has 0 fully saturated rings. The van der Waals surface area contributed by atoms with Crippen LogP contribution in [-0.4, -0.2) is 7.05 Å². The Morgan fingerprint density at radius 1 is 0.850 bits per heavy atom. The van der Waals surface area contributed by atoms with Crippen molar-refractivity contribution in [1.29, 1.82) is 0 Å².